The number of hydrogen-bond donors (Lipinski definition) is 2. The molecule has 2 aromatic carbocycles. The first-order valence-electron chi connectivity index (χ1n) is 7.00. The largest absolute Gasteiger partial charge is 0.455 e. The minimum Gasteiger partial charge on any atom is -0.455 e. The molecule has 21 heavy (non-hydrogen) atoms. The zero-order valence-corrected chi connectivity index (χ0v) is 12.3. The van der Waals surface area contributed by atoms with E-state index >= 15 is 0 Å². The molecular weight excluding hydrogens is 264 g/mol. The van der Waals surface area contributed by atoms with E-state index in [1.807, 2.05) is 56.3 Å². The molecule has 0 bridgehead atoms. The van der Waals surface area contributed by atoms with E-state index in [-0.39, 0.29) is 5.91 Å². The summed E-state index contributed by atoms with van der Waals surface area (Å²) in [6.45, 7) is 3.89. The molecule has 1 amide bonds. The average molecular weight is 284 g/mol. The first-order chi connectivity index (χ1) is 10.1. The fourth-order valence-electron chi connectivity index (χ4n) is 1.80. The fourth-order valence-corrected chi connectivity index (χ4v) is 1.80. The van der Waals surface area contributed by atoms with Crippen molar-refractivity contribution in [1.82, 2.24) is 0 Å². The highest BCUT2D eigenvalue weighted by atomic mass is 16.5. The van der Waals surface area contributed by atoms with Gasteiger partial charge in [0, 0.05) is 0 Å². The highest BCUT2D eigenvalue weighted by Gasteiger charge is 2.13. The monoisotopic (exact) mass is 284 g/mol. The molecule has 110 valence electrons. The molecule has 3 N–H and O–H groups in total. The number of benzene rings is 2. The summed E-state index contributed by atoms with van der Waals surface area (Å²) in [6, 6.07) is 14.5. The highest BCUT2D eigenvalue weighted by Crippen LogP contribution is 2.29. The minimum atomic E-state index is -0.516. The van der Waals surface area contributed by atoms with Crippen LogP contribution in [0.2, 0.25) is 0 Å². The van der Waals surface area contributed by atoms with Crippen LogP contribution in [0, 0.1) is 6.92 Å². The van der Waals surface area contributed by atoms with Crippen LogP contribution in [0.5, 0.6) is 11.5 Å². The van der Waals surface area contributed by atoms with E-state index in [1.54, 1.807) is 6.07 Å². The van der Waals surface area contributed by atoms with Crippen molar-refractivity contribution < 1.29 is 9.53 Å². The minimum absolute atomic E-state index is 0.211. The van der Waals surface area contributed by atoms with E-state index in [9.17, 15) is 4.79 Å². The van der Waals surface area contributed by atoms with Gasteiger partial charge in [0.2, 0.25) is 5.91 Å². The summed E-state index contributed by atoms with van der Waals surface area (Å²) < 4.78 is 5.82. The lowest BCUT2D eigenvalue weighted by molar-refractivity contribution is -0.117. The lowest BCUT2D eigenvalue weighted by Crippen LogP contribution is -2.34. The van der Waals surface area contributed by atoms with Gasteiger partial charge in [-0.1, -0.05) is 36.8 Å². The number of carbonyl (C=O) groups is 1. The summed E-state index contributed by atoms with van der Waals surface area (Å²) in [6.07, 6.45) is 0.590. The van der Waals surface area contributed by atoms with E-state index in [2.05, 4.69) is 5.32 Å². The molecule has 0 saturated heterocycles. The normalized spacial score (nSPS) is 11.8. The van der Waals surface area contributed by atoms with E-state index in [0.717, 1.165) is 11.3 Å². The number of hydrogen-bond acceptors (Lipinski definition) is 3. The summed E-state index contributed by atoms with van der Waals surface area (Å²) in [5, 5.41) is 2.80. The second-order valence-corrected chi connectivity index (χ2v) is 4.92. The number of amides is 1. The van der Waals surface area contributed by atoms with Gasteiger partial charge in [0.25, 0.3) is 0 Å². The molecule has 4 heteroatoms. The summed E-state index contributed by atoms with van der Waals surface area (Å²) in [5.74, 6) is 1.11. The molecule has 1 atom stereocenters. The van der Waals surface area contributed by atoms with Crippen LogP contribution in [0.4, 0.5) is 5.69 Å². The molecule has 0 fully saturated rings. The third-order valence-electron chi connectivity index (χ3n) is 3.17. The molecule has 0 unspecified atom stereocenters. The van der Waals surface area contributed by atoms with Crippen LogP contribution < -0.4 is 15.8 Å². The molecule has 0 spiro atoms. The summed E-state index contributed by atoms with van der Waals surface area (Å²) >= 11 is 0. The van der Waals surface area contributed by atoms with Crippen molar-refractivity contribution in [1.29, 1.82) is 0 Å². The lowest BCUT2D eigenvalue weighted by Gasteiger charge is -2.14. The number of aryl methyl sites for hydroxylation is 1. The van der Waals surface area contributed by atoms with Gasteiger partial charge in [0.15, 0.2) is 5.75 Å². The third-order valence-corrected chi connectivity index (χ3v) is 3.17. The fraction of sp³-hybridized carbons (Fsp3) is 0.235. The van der Waals surface area contributed by atoms with Gasteiger partial charge < -0.3 is 15.8 Å². The van der Waals surface area contributed by atoms with E-state index < -0.39 is 6.04 Å². The SMILES string of the molecule is CC[C@H](N)C(=O)Nc1ccccc1Oc1ccc(C)cc1. The van der Waals surface area contributed by atoms with Gasteiger partial charge in [-0.2, -0.15) is 0 Å². The topological polar surface area (TPSA) is 64.4 Å². The van der Waals surface area contributed by atoms with Crippen molar-refractivity contribution in [2.45, 2.75) is 26.3 Å². The van der Waals surface area contributed by atoms with Crippen molar-refractivity contribution in [3.63, 3.8) is 0 Å². The van der Waals surface area contributed by atoms with Crippen molar-refractivity contribution in [3.8, 4) is 11.5 Å². The van der Waals surface area contributed by atoms with Crippen molar-refractivity contribution in [2.75, 3.05) is 5.32 Å². The Balaban J connectivity index is 2.17. The predicted molar refractivity (Wildman–Crippen MR) is 84.6 cm³/mol. The molecule has 0 radical (unpaired) electrons. The predicted octanol–water partition coefficient (Wildman–Crippen LogP) is 3.46. The maximum atomic E-state index is 11.9. The maximum absolute atomic E-state index is 11.9. The third kappa shape index (κ3) is 4.07. The number of nitrogens with one attached hydrogen (secondary N) is 1. The number of anilines is 1. The van der Waals surface area contributed by atoms with Crippen LogP contribution in [0.15, 0.2) is 48.5 Å². The quantitative estimate of drug-likeness (QED) is 0.883. The molecule has 0 heterocycles. The van der Waals surface area contributed by atoms with Gasteiger partial charge in [-0.15, -0.1) is 0 Å². The number of para-hydroxylation sites is 2. The van der Waals surface area contributed by atoms with Crippen LogP contribution in [0.1, 0.15) is 18.9 Å². The Bertz CT molecular complexity index is 608. The van der Waals surface area contributed by atoms with Gasteiger partial charge in [0.05, 0.1) is 11.7 Å². The molecule has 0 aliphatic carbocycles. The zero-order valence-electron chi connectivity index (χ0n) is 12.3. The summed E-state index contributed by atoms with van der Waals surface area (Å²) in [5.41, 5.74) is 7.51. The Kier molecular flexibility index (Phi) is 4.95. The van der Waals surface area contributed by atoms with Crippen LogP contribution >= 0.6 is 0 Å². The number of nitrogens with two attached hydrogens (primary N) is 1. The zero-order chi connectivity index (χ0) is 15.2. The Morgan fingerprint density at radius 2 is 1.86 bits per heavy atom. The lowest BCUT2D eigenvalue weighted by atomic mass is 10.2. The highest BCUT2D eigenvalue weighted by molar-refractivity contribution is 5.95. The Morgan fingerprint density at radius 1 is 1.19 bits per heavy atom. The molecule has 2 rings (SSSR count). The van der Waals surface area contributed by atoms with Crippen molar-refractivity contribution in [3.05, 3.63) is 54.1 Å². The van der Waals surface area contributed by atoms with Crippen molar-refractivity contribution >= 4 is 11.6 Å². The van der Waals surface area contributed by atoms with E-state index in [1.165, 1.54) is 0 Å². The van der Waals surface area contributed by atoms with Crippen LogP contribution in [-0.4, -0.2) is 11.9 Å². The van der Waals surface area contributed by atoms with Crippen LogP contribution in [0.3, 0.4) is 0 Å². The molecule has 0 aliphatic heterocycles. The Hall–Kier alpha value is -2.33. The molecular formula is C17H20N2O2. The molecule has 2 aromatic rings. The molecule has 4 nitrogen and oxygen atoms in total. The van der Waals surface area contributed by atoms with Crippen molar-refractivity contribution in [2.24, 2.45) is 5.73 Å². The summed E-state index contributed by atoms with van der Waals surface area (Å²) in [7, 11) is 0. The van der Waals surface area contributed by atoms with Crippen LogP contribution in [-0.2, 0) is 4.79 Å². The number of ether oxygens (including phenoxy) is 1. The second-order valence-electron chi connectivity index (χ2n) is 4.92. The van der Waals surface area contributed by atoms with Gasteiger partial charge >= 0.3 is 0 Å². The van der Waals surface area contributed by atoms with Gasteiger partial charge in [0.1, 0.15) is 5.75 Å². The smallest absolute Gasteiger partial charge is 0.241 e. The first kappa shape index (κ1) is 15.1. The van der Waals surface area contributed by atoms with Crippen LogP contribution in [0.25, 0.3) is 0 Å². The number of rotatable bonds is 5. The second kappa shape index (κ2) is 6.90. The molecule has 0 aromatic heterocycles. The number of carbonyl (C=O) groups excluding carboxylic acids is 1. The average Bonchev–Trinajstić information content (AvgIpc) is 2.50. The summed E-state index contributed by atoms with van der Waals surface area (Å²) in [4.78, 5) is 11.9. The van der Waals surface area contributed by atoms with Gasteiger partial charge in [-0.25, -0.2) is 0 Å². The van der Waals surface area contributed by atoms with E-state index in [4.69, 9.17) is 10.5 Å². The first-order valence-corrected chi connectivity index (χ1v) is 7.00. The van der Waals surface area contributed by atoms with E-state index in [0.29, 0.717) is 17.9 Å². The standard InChI is InChI=1S/C17H20N2O2/c1-3-14(18)17(20)19-15-6-4-5-7-16(15)21-13-10-8-12(2)9-11-13/h4-11,14H,3,18H2,1-2H3,(H,19,20)/t14-/m0/s1. The Labute approximate surface area is 124 Å². The molecule has 0 saturated carbocycles. The molecule has 0 aliphatic rings. The van der Waals surface area contributed by atoms with Gasteiger partial charge in [-0.3, -0.25) is 4.79 Å². The maximum Gasteiger partial charge on any atom is 0.241 e. The van der Waals surface area contributed by atoms with Gasteiger partial charge in [-0.05, 0) is 37.6 Å². The Morgan fingerprint density at radius 3 is 2.52 bits per heavy atom.